The second-order valence-corrected chi connectivity index (χ2v) is 13.2. The molecule has 16 heteroatoms. The van der Waals surface area contributed by atoms with Crippen LogP contribution in [-0.4, -0.2) is 72.3 Å². The van der Waals surface area contributed by atoms with E-state index in [9.17, 15) is 19.6 Å². The summed E-state index contributed by atoms with van der Waals surface area (Å²) < 4.78 is 53.8. The Morgan fingerprint density at radius 2 is 2.02 bits per heavy atom. The van der Waals surface area contributed by atoms with Gasteiger partial charge in [0.15, 0.2) is 23.5 Å². The van der Waals surface area contributed by atoms with Crippen LogP contribution in [0.2, 0.25) is 0 Å². The summed E-state index contributed by atoms with van der Waals surface area (Å²) in [5, 5.41) is 25.0. The molecular formula is C30H38FN6O8P. The predicted molar refractivity (Wildman–Crippen MR) is 164 cm³/mol. The van der Waals surface area contributed by atoms with E-state index in [2.05, 4.69) is 20.0 Å². The van der Waals surface area contributed by atoms with Crippen molar-refractivity contribution >= 4 is 30.6 Å². The molecule has 5 rings (SSSR count). The maximum Gasteiger partial charge on any atom is 0.459 e. The van der Waals surface area contributed by atoms with Crippen molar-refractivity contribution in [3.63, 3.8) is 0 Å². The third-order valence-electron chi connectivity index (χ3n) is 8.13. The number of nitrogens with two attached hydrogens (primary N) is 1. The minimum Gasteiger partial charge on any atom is -0.476 e. The van der Waals surface area contributed by atoms with E-state index in [0.717, 1.165) is 43.0 Å². The Hall–Kier alpha value is -3.64. The van der Waals surface area contributed by atoms with Crippen LogP contribution < -0.4 is 20.1 Å². The molecule has 1 aliphatic carbocycles. The number of nitrogens with zero attached hydrogens (tertiary/aromatic N) is 4. The molecule has 3 heterocycles. The van der Waals surface area contributed by atoms with Gasteiger partial charge in [-0.3, -0.25) is 13.9 Å². The molecule has 1 aromatic carbocycles. The lowest BCUT2D eigenvalue weighted by atomic mass is 9.85. The largest absolute Gasteiger partial charge is 0.476 e. The maximum atomic E-state index is 16.5. The lowest BCUT2D eigenvalue weighted by Gasteiger charge is -2.29. The monoisotopic (exact) mass is 660 g/mol. The van der Waals surface area contributed by atoms with Gasteiger partial charge < -0.3 is 29.9 Å². The van der Waals surface area contributed by atoms with Crippen LogP contribution in [0.5, 0.6) is 11.6 Å². The summed E-state index contributed by atoms with van der Waals surface area (Å²) in [5.74, 6) is -1.31. The van der Waals surface area contributed by atoms with Crippen LogP contribution in [0.25, 0.3) is 11.2 Å². The number of aliphatic hydroxyl groups excluding tert-OH is 1. The molecule has 46 heavy (non-hydrogen) atoms. The first kappa shape index (κ1) is 33.7. The van der Waals surface area contributed by atoms with Gasteiger partial charge in [-0.05, 0) is 31.9 Å². The SMILES string of the molecule is C#C[C@]1(O)[C@H](n2cnc3c(OCC)nc(N)nc32)O[C@](F)(CO[P@](=O)(N[C@@H](C)C(=O)CC2CCCCC2)Oc2ccccc2)[C@H]1O. The van der Waals surface area contributed by atoms with Crippen LogP contribution >= 0.6 is 7.75 Å². The molecule has 6 atom stereocenters. The number of terminal acetylenes is 1. The number of ether oxygens (including phenoxy) is 2. The van der Waals surface area contributed by atoms with Crippen LogP contribution in [0.15, 0.2) is 36.7 Å². The second-order valence-electron chi connectivity index (χ2n) is 11.5. The zero-order valence-electron chi connectivity index (χ0n) is 25.5. The van der Waals surface area contributed by atoms with Crippen molar-refractivity contribution in [3.05, 3.63) is 36.7 Å². The number of nitrogens with one attached hydrogen (secondary N) is 1. The molecule has 0 amide bonds. The molecule has 14 nitrogen and oxygen atoms in total. The van der Waals surface area contributed by atoms with Gasteiger partial charge in [0.1, 0.15) is 18.1 Å². The molecule has 2 aliphatic rings. The first-order chi connectivity index (χ1) is 21.9. The third-order valence-corrected chi connectivity index (χ3v) is 9.75. The first-order valence-electron chi connectivity index (χ1n) is 15.1. The second kappa shape index (κ2) is 13.6. The van der Waals surface area contributed by atoms with E-state index in [4.69, 9.17) is 30.7 Å². The highest BCUT2D eigenvalue weighted by molar-refractivity contribution is 7.52. The van der Waals surface area contributed by atoms with Gasteiger partial charge in [-0.25, -0.2) is 19.0 Å². The summed E-state index contributed by atoms with van der Waals surface area (Å²) in [6.07, 6.45) is 7.88. The molecule has 0 unspecified atom stereocenters. The maximum absolute atomic E-state index is 16.5. The van der Waals surface area contributed by atoms with Crippen molar-refractivity contribution in [2.75, 3.05) is 18.9 Å². The number of imidazole rings is 1. The number of ketones is 1. The average molecular weight is 661 g/mol. The number of anilines is 1. The highest BCUT2D eigenvalue weighted by Gasteiger charge is 2.66. The summed E-state index contributed by atoms with van der Waals surface area (Å²) in [6, 6.07) is 6.97. The Labute approximate surface area is 265 Å². The number of benzene rings is 1. The number of alkyl halides is 1. The normalized spacial score (nSPS) is 27.1. The zero-order valence-corrected chi connectivity index (χ0v) is 26.4. The van der Waals surface area contributed by atoms with Gasteiger partial charge in [0.05, 0.1) is 19.0 Å². The number of aliphatic hydroxyl groups is 2. The molecule has 1 aliphatic heterocycles. The Bertz CT molecular complexity index is 1630. The Balaban J connectivity index is 1.39. The molecule has 0 bridgehead atoms. The molecule has 1 saturated heterocycles. The number of para-hydroxylation sites is 1. The van der Waals surface area contributed by atoms with Gasteiger partial charge in [-0.2, -0.15) is 9.97 Å². The van der Waals surface area contributed by atoms with E-state index in [-0.39, 0.29) is 53.5 Å². The topological polar surface area (TPSA) is 193 Å². The molecule has 3 aromatic rings. The standard InChI is InChI=1S/C30H38FN6O8P/c1-4-29(40)26(39)30(31,44-27(29)37-18-33-23-24(37)34-28(32)35-25(23)42-5-2)17-43-46(41,45-21-14-10-7-11-15-21)36-19(3)22(38)16-20-12-8-6-9-13-20/h1,7,10-11,14-15,18-20,26-27,39-40H,5-6,8-9,12-13,16-17H2,2-3H3,(H,36,41)(H2,32,34,35)/t19-,26-,27+,29+,30+,46+/m0/s1. The van der Waals surface area contributed by atoms with Gasteiger partial charge in [0.2, 0.25) is 17.4 Å². The van der Waals surface area contributed by atoms with Gasteiger partial charge in [0.25, 0.3) is 5.85 Å². The fraction of sp³-hybridized carbons (Fsp3) is 0.533. The molecule has 2 aromatic heterocycles. The van der Waals surface area contributed by atoms with E-state index in [1.54, 1.807) is 25.1 Å². The Morgan fingerprint density at radius 1 is 1.30 bits per heavy atom. The van der Waals surface area contributed by atoms with Crippen molar-refractivity contribution < 1.29 is 42.5 Å². The van der Waals surface area contributed by atoms with Crippen LogP contribution in [-0.2, 0) is 18.6 Å². The van der Waals surface area contributed by atoms with Crippen molar-refractivity contribution in [2.24, 2.45) is 5.92 Å². The van der Waals surface area contributed by atoms with E-state index in [0.29, 0.717) is 0 Å². The Kier molecular flexibility index (Phi) is 9.97. The van der Waals surface area contributed by atoms with Gasteiger partial charge in [-0.1, -0.05) is 56.2 Å². The highest BCUT2D eigenvalue weighted by Crippen LogP contribution is 2.51. The number of nitrogen functional groups attached to an aromatic ring is 1. The van der Waals surface area contributed by atoms with Crippen LogP contribution in [0.4, 0.5) is 10.3 Å². The number of carbonyl (C=O) groups is 1. The minimum atomic E-state index is -4.52. The number of halogens is 1. The summed E-state index contributed by atoms with van der Waals surface area (Å²) >= 11 is 0. The summed E-state index contributed by atoms with van der Waals surface area (Å²) in [7, 11) is -4.52. The number of rotatable bonds is 13. The number of hydrogen-bond acceptors (Lipinski definition) is 12. The molecule has 2 fully saturated rings. The summed E-state index contributed by atoms with van der Waals surface area (Å²) in [5.41, 5.74) is 3.21. The molecule has 248 valence electrons. The number of Topliss-reactive ketones (excluding diaryl/α,β-unsaturated/α-hetero) is 1. The van der Waals surface area contributed by atoms with Crippen molar-refractivity contribution in [3.8, 4) is 24.0 Å². The number of aromatic nitrogens is 4. The quantitative estimate of drug-likeness (QED) is 0.154. The smallest absolute Gasteiger partial charge is 0.459 e. The van der Waals surface area contributed by atoms with E-state index >= 15 is 4.39 Å². The molecular weight excluding hydrogens is 622 g/mol. The highest BCUT2D eigenvalue weighted by atomic mass is 31.2. The van der Waals surface area contributed by atoms with Crippen molar-refractivity contribution in [1.29, 1.82) is 0 Å². The minimum absolute atomic E-state index is 0.0265. The van der Waals surface area contributed by atoms with Gasteiger partial charge in [0, 0.05) is 6.42 Å². The van der Waals surface area contributed by atoms with E-state index in [1.165, 1.54) is 19.1 Å². The number of carbonyl (C=O) groups excluding carboxylic acids is 1. The predicted octanol–water partition coefficient (Wildman–Crippen LogP) is 3.45. The lowest BCUT2D eigenvalue weighted by Crippen LogP contribution is -2.50. The van der Waals surface area contributed by atoms with Crippen LogP contribution in [0.1, 0.15) is 58.6 Å². The lowest BCUT2D eigenvalue weighted by molar-refractivity contribution is -0.202. The fourth-order valence-electron chi connectivity index (χ4n) is 5.70. The van der Waals surface area contributed by atoms with Crippen molar-refractivity contribution in [1.82, 2.24) is 24.6 Å². The van der Waals surface area contributed by atoms with Crippen molar-refractivity contribution in [2.45, 2.75) is 82.2 Å². The number of fused-ring (bicyclic) bond motifs is 1. The van der Waals surface area contributed by atoms with Crippen LogP contribution in [0, 0.1) is 18.3 Å². The first-order valence-corrected chi connectivity index (χ1v) is 16.6. The van der Waals surface area contributed by atoms with Crippen LogP contribution in [0.3, 0.4) is 0 Å². The molecule has 0 spiro atoms. The third kappa shape index (κ3) is 6.88. The fourth-order valence-corrected chi connectivity index (χ4v) is 7.24. The van der Waals surface area contributed by atoms with E-state index in [1.807, 2.05) is 5.92 Å². The van der Waals surface area contributed by atoms with Gasteiger partial charge >= 0.3 is 7.75 Å². The van der Waals surface area contributed by atoms with E-state index < -0.39 is 44.2 Å². The molecule has 0 radical (unpaired) electrons. The molecule has 1 saturated carbocycles. The number of hydrogen-bond donors (Lipinski definition) is 4. The average Bonchev–Trinajstić information content (AvgIpc) is 3.54. The molecule has 5 N–H and O–H groups in total. The van der Waals surface area contributed by atoms with Gasteiger partial charge in [-0.15, -0.1) is 6.42 Å². The zero-order chi connectivity index (χ0) is 33.1. The Morgan fingerprint density at radius 3 is 2.70 bits per heavy atom. The summed E-state index contributed by atoms with van der Waals surface area (Å²) in [4.78, 5) is 25.4. The summed E-state index contributed by atoms with van der Waals surface area (Å²) in [6.45, 7) is 2.22.